The summed E-state index contributed by atoms with van der Waals surface area (Å²) in [5.41, 5.74) is 1.42. The average Bonchev–Trinajstić information content (AvgIpc) is 4.16. The molecule has 0 spiro atoms. The quantitative estimate of drug-likeness (QED) is 0.0865. The van der Waals surface area contributed by atoms with Crippen molar-refractivity contribution >= 4 is 85.9 Å². The number of aromatic amines is 1. The Kier molecular flexibility index (Phi) is 22.8. The molecular formula is C54H77BrN10O12. The fourth-order valence-electron chi connectivity index (χ4n) is 9.35. The molecule has 2 aromatic heterocycles. The first-order chi connectivity index (χ1) is 36.6. The van der Waals surface area contributed by atoms with E-state index in [1.807, 2.05) is 27.7 Å². The SMILES string of the molecule is CCCC(NC(=O)C(NC(=O)C(O)C(C)CC)C(C)CC)C(=O)NC1CCCNC(=O)C(Cc2c(Br)[nH]c3ccc(O)cc23)NC(=O)C=Cc2coc(n2)C(CC)NC(=O)C(=O)C(CC(C)C)NC(=O)C2CCCN2C1=O. The zero-order valence-electron chi connectivity index (χ0n) is 45.3. The summed E-state index contributed by atoms with van der Waals surface area (Å²) in [6.45, 7) is 14.4. The molecule has 77 heavy (non-hydrogen) atoms. The fourth-order valence-corrected chi connectivity index (χ4v) is 9.94. The Morgan fingerprint density at radius 2 is 1.58 bits per heavy atom. The lowest BCUT2D eigenvalue weighted by molar-refractivity contribution is -0.144. The topological polar surface area (TPSA) is 323 Å². The van der Waals surface area contributed by atoms with Crippen LogP contribution in [0, 0.1) is 17.8 Å². The number of Topliss-reactive ketones (excluding diaryl/α,β-unsaturated/α-hetero) is 1. The average molecular weight is 1140 g/mol. The van der Waals surface area contributed by atoms with Gasteiger partial charge in [-0.15, -0.1) is 0 Å². The molecule has 5 rings (SSSR count). The Morgan fingerprint density at radius 1 is 0.857 bits per heavy atom. The number of fused-ring (bicyclic) bond motifs is 4. The monoisotopic (exact) mass is 1140 g/mol. The van der Waals surface area contributed by atoms with Crippen LogP contribution in [0.4, 0.5) is 0 Å². The second kappa shape index (κ2) is 28.7. The number of benzene rings is 1. The van der Waals surface area contributed by atoms with E-state index in [9.17, 15) is 53.4 Å². The lowest BCUT2D eigenvalue weighted by Crippen LogP contribution is -2.60. The van der Waals surface area contributed by atoms with E-state index in [0.717, 1.165) is 6.08 Å². The maximum absolute atomic E-state index is 14.9. The van der Waals surface area contributed by atoms with Gasteiger partial charge in [0, 0.05) is 36.5 Å². The number of phenols is 1. The van der Waals surface area contributed by atoms with Crippen LogP contribution in [-0.4, -0.2) is 134 Å². The number of rotatable bonds is 17. The molecule has 10 N–H and O–H groups in total. The Bertz CT molecular complexity index is 2630. The van der Waals surface area contributed by atoms with Gasteiger partial charge in [-0.3, -0.25) is 43.2 Å². The predicted molar refractivity (Wildman–Crippen MR) is 289 cm³/mol. The summed E-state index contributed by atoms with van der Waals surface area (Å²) in [5.74, 6) is -7.59. The lowest BCUT2D eigenvalue weighted by Gasteiger charge is -2.31. The van der Waals surface area contributed by atoms with Crippen LogP contribution in [0.3, 0.4) is 0 Å². The summed E-state index contributed by atoms with van der Waals surface area (Å²) < 4.78 is 6.17. The summed E-state index contributed by atoms with van der Waals surface area (Å²) in [4.78, 5) is 135. The molecule has 2 bridgehead atoms. The molecule has 10 unspecified atom stereocenters. The summed E-state index contributed by atoms with van der Waals surface area (Å²) in [5, 5.41) is 40.9. The first kappa shape index (κ1) is 61.2. The van der Waals surface area contributed by atoms with E-state index in [1.165, 1.54) is 29.4 Å². The van der Waals surface area contributed by atoms with Crippen molar-refractivity contribution < 1.29 is 57.8 Å². The molecule has 1 aromatic carbocycles. The first-order valence-corrected chi connectivity index (χ1v) is 27.7. The van der Waals surface area contributed by atoms with E-state index >= 15 is 0 Å². The second-order valence-electron chi connectivity index (χ2n) is 20.6. The summed E-state index contributed by atoms with van der Waals surface area (Å²) >= 11 is 3.52. The third-order valence-corrected chi connectivity index (χ3v) is 15.0. The Labute approximate surface area is 457 Å². The number of hydrogen-bond donors (Lipinski definition) is 10. The Balaban J connectivity index is 1.49. The summed E-state index contributed by atoms with van der Waals surface area (Å²) in [6, 6.07) is -3.41. The lowest BCUT2D eigenvalue weighted by atomic mass is 9.95. The number of halogens is 1. The van der Waals surface area contributed by atoms with E-state index in [2.05, 4.69) is 63.1 Å². The van der Waals surface area contributed by atoms with Gasteiger partial charge in [0.15, 0.2) is 0 Å². The van der Waals surface area contributed by atoms with Crippen LogP contribution in [0.25, 0.3) is 17.0 Å². The van der Waals surface area contributed by atoms with E-state index in [1.54, 1.807) is 33.8 Å². The number of hydrogen-bond acceptors (Lipinski definition) is 13. The molecule has 8 amide bonds. The largest absolute Gasteiger partial charge is 0.508 e. The number of oxazole rings is 1. The van der Waals surface area contributed by atoms with Gasteiger partial charge in [0.1, 0.15) is 60.1 Å². The highest BCUT2D eigenvalue weighted by Gasteiger charge is 2.41. The molecule has 2 aliphatic rings. The van der Waals surface area contributed by atoms with Crippen molar-refractivity contribution in [2.45, 2.75) is 174 Å². The van der Waals surface area contributed by atoms with E-state index < -0.39 is 107 Å². The molecular weight excluding hydrogens is 1060 g/mol. The highest BCUT2D eigenvalue weighted by Crippen LogP contribution is 2.31. The van der Waals surface area contributed by atoms with Crippen molar-refractivity contribution in [3.63, 3.8) is 0 Å². The smallest absolute Gasteiger partial charge is 0.290 e. The van der Waals surface area contributed by atoms with Crippen LogP contribution in [-0.2, 0) is 49.6 Å². The normalized spacial score (nSPS) is 22.4. The zero-order valence-corrected chi connectivity index (χ0v) is 46.8. The van der Waals surface area contributed by atoms with Crippen LogP contribution in [0.15, 0.2) is 39.6 Å². The van der Waals surface area contributed by atoms with E-state index in [-0.39, 0.29) is 87.2 Å². The summed E-state index contributed by atoms with van der Waals surface area (Å²) in [7, 11) is 0. The van der Waals surface area contributed by atoms with Crippen molar-refractivity contribution in [3.8, 4) is 5.75 Å². The van der Waals surface area contributed by atoms with Crippen LogP contribution in [0.2, 0.25) is 0 Å². The van der Waals surface area contributed by atoms with Crippen LogP contribution < -0.4 is 37.2 Å². The van der Waals surface area contributed by atoms with E-state index in [4.69, 9.17) is 4.42 Å². The number of phenolic OH excluding ortho intramolecular Hbond substituents is 1. The Hall–Kier alpha value is -6.62. The molecule has 2 aliphatic heterocycles. The minimum absolute atomic E-state index is 0.0216. The maximum atomic E-state index is 14.9. The molecule has 10 atom stereocenters. The van der Waals surface area contributed by atoms with Crippen LogP contribution in [0.1, 0.15) is 143 Å². The fraction of sp³-hybridized carbons (Fsp3) is 0.593. The number of aliphatic hydroxyl groups excluding tert-OH is 1. The van der Waals surface area contributed by atoms with Gasteiger partial charge in [0.2, 0.25) is 53.0 Å². The van der Waals surface area contributed by atoms with Crippen molar-refractivity contribution in [2.75, 3.05) is 13.1 Å². The third kappa shape index (κ3) is 16.4. The highest BCUT2D eigenvalue weighted by atomic mass is 79.9. The van der Waals surface area contributed by atoms with Crippen LogP contribution >= 0.6 is 15.9 Å². The first-order valence-electron chi connectivity index (χ1n) is 26.9. The molecule has 0 saturated carbocycles. The molecule has 1 fully saturated rings. The molecule has 23 heteroatoms. The molecule has 4 heterocycles. The van der Waals surface area contributed by atoms with Gasteiger partial charge < -0.3 is 61.7 Å². The number of aromatic nitrogens is 2. The van der Waals surface area contributed by atoms with Crippen molar-refractivity contribution in [3.05, 3.63) is 52.3 Å². The number of aliphatic hydroxyl groups is 1. The number of carbonyl (C=O) groups is 9. The third-order valence-electron chi connectivity index (χ3n) is 14.3. The number of amides is 8. The molecule has 422 valence electrons. The van der Waals surface area contributed by atoms with Crippen molar-refractivity contribution in [2.24, 2.45) is 17.8 Å². The standard InChI is InChI=1S/C54H77BrN10O12/c1-9-15-37(61-50(73)43(29(7)10-2)64-51(74)44(68)30(8)11-3)48(71)62-38-16-13-22-56-47(70)40(26-34-33-25-32(66)19-20-36(33)59-46(34)55)58-42(67)21-18-31-27-77-53(57-31)35(12-4)60-52(75)45(69)39(24-28(5)6)63-49(72)41-17-14-23-65(41)54(38)76/h18-21,25,27-30,35,37-41,43-44,59,66,68H,9-17,22-24,26H2,1-8H3,(H,56,70)(H,58,67)(H,60,75)(H,61,73)(H,62,71)(H,63,72)(H,64,74). The molecule has 0 radical (unpaired) electrons. The number of nitrogens with one attached hydrogen (secondary N) is 8. The number of carbonyl (C=O) groups excluding carboxylic acids is 9. The second-order valence-corrected chi connectivity index (χ2v) is 21.4. The zero-order chi connectivity index (χ0) is 56.7. The number of ketones is 1. The molecule has 3 aromatic rings. The molecule has 0 aliphatic carbocycles. The highest BCUT2D eigenvalue weighted by molar-refractivity contribution is 9.10. The van der Waals surface area contributed by atoms with Gasteiger partial charge in [0.25, 0.3) is 5.91 Å². The van der Waals surface area contributed by atoms with Crippen molar-refractivity contribution in [1.29, 1.82) is 0 Å². The van der Waals surface area contributed by atoms with Gasteiger partial charge >= 0.3 is 0 Å². The van der Waals surface area contributed by atoms with Gasteiger partial charge in [-0.05, 0) is 108 Å². The van der Waals surface area contributed by atoms with Gasteiger partial charge in [0.05, 0.1) is 10.6 Å². The van der Waals surface area contributed by atoms with Crippen LogP contribution in [0.5, 0.6) is 5.75 Å². The molecule has 1 saturated heterocycles. The van der Waals surface area contributed by atoms with Crippen molar-refractivity contribution in [1.82, 2.24) is 52.1 Å². The maximum Gasteiger partial charge on any atom is 0.290 e. The number of nitrogens with zero attached hydrogens (tertiary/aromatic N) is 2. The van der Waals surface area contributed by atoms with Gasteiger partial charge in [-0.1, -0.05) is 74.7 Å². The Morgan fingerprint density at radius 3 is 2.26 bits per heavy atom. The number of H-pyrrole nitrogens is 1. The minimum atomic E-state index is -1.37. The van der Waals surface area contributed by atoms with Gasteiger partial charge in [-0.2, -0.15) is 0 Å². The number of aromatic hydroxyl groups is 1. The molecule has 22 nitrogen and oxygen atoms in total. The minimum Gasteiger partial charge on any atom is -0.508 e. The predicted octanol–water partition coefficient (Wildman–Crippen LogP) is 3.64. The summed E-state index contributed by atoms with van der Waals surface area (Å²) in [6.07, 6.45) is 4.77. The van der Waals surface area contributed by atoms with E-state index in [0.29, 0.717) is 46.8 Å². The van der Waals surface area contributed by atoms with Gasteiger partial charge in [-0.25, -0.2) is 4.98 Å².